The van der Waals surface area contributed by atoms with Crippen molar-refractivity contribution < 1.29 is 24.9 Å². The number of nitrogens with one attached hydrogen (secondary N) is 1. The quantitative estimate of drug-likeness (QED) is 0.433. The van der Waals surface area contributed by atoms with E-state index in [4.69, 9.17) is 27.9 Å². The molecule has 4 N–H and O–H groups in total. The highest BCUT2D eigenvalue weighted by atomic mass is 35.5. The third-order valence-electron chi connectivity index (χ3n) is 8.97. The van der Waals surface area contributed by atoms with Crippen LogP contribution in [0.1, 0.15) is 44.2 Å². The van der Waals surface area contributed by atoms with Gasteiger partial charge in [-0.15, -0.1) is 0 Å². The van der Waals surface area contributed by atoms with Crippen LogP contribution in [0.25, 0.3) is 0 Å². The first-order valence-corrected chi connectivity index (χ1v) is 13.2. The fourth-order valence-electron chi connectivity index (χ4n) is 7.16. The number of halogens is 2. The molecule has 4 atom stereocenters. The predicted molar refractivity (Wildman–Crippen MR) is 142 cm³/mol. The number of ether oxygens (including phenoxy) is 1. The maximum absolute atomic E-state index is 13.5. The highest BCUT2D eigenvalue weighted by Crippen LogP contribution is 2.66. The van der Waals surface area contributed by atoms with Gasteiger partial charge in [0.25, 0.3) is 5.91 Å². The molecule has 37 heavy (non-hydrogen) atoms. The Labute approximate surface area is 225 Å². The van der Waals surface area contributed by atoms with Crippen LogP contribution in [0.15, 0.2) is 41.7 Å². The van der Waals surface area contributed by atoms with E-state index in [9.17, 15) is 20.1 Å². The second-order valence-corrected chi connectivity index (χ2v) is 11.7. The molecule has 7 rings (SSSR count). The third kappa shape index (κ3) is 3.30. The number of anilines is 1. The molecule has 1 saturated carbocycles. The number of phenolic OH excluding ortho intramolecular Hbond substituents is 1. The molecule has 2 aromatic carbocycles. The summed E-state index contributed by atoms with van der Waals surface area (Å²) in [6.45, 7) is 1.67. The van der Waals surface area contributed by atoms with E-state index in [2.05, 4.69) is 10.2 Å². The topological polar surface area (TPSA) is 102 Å². The van der Waals surface area contributed by atoms with Gasteiger partial charge in [0.2, 0.25) is 0 Å². The van der Waals surface area contributed by atoms with Crippen LogP contribution in [0.2, 0.25) is 10.0 Å². The molecule has 0 radical (unpaired) electrons. The predicted octanol–water partition coefficient (Wildman–Crippen LogP) is 4.96. The van der Waals surface area contributed by atoms with Gasteiger partial charge < -0.3 is 25.4 Å². The number of amides is 1. The number of aromatic hydroxyl groups is 1. The Balaban J connectivity index is 0.00000252. The van der Waals surface area contributed by atoms with Crippen LogP contribution in [0, 0.1) is 5.92 Å². The number of carbonyl (C=O) groups is 1. The van der Waals surface area contributed by atoms with E-state index in [0.717, 1.165) is 24.2 Å². The lowest BCUT2D eigenvalue weighted by Crippen LogP contribution is -2.75. The van der Waals surface area contributed by atoms with Crippen molar-refractivity contribution in [2.75, 3.05) is 18.4 Å². The molecule has 1 saturated heterocycles. The van der Waals surface area contributed by atoms with Crippen LogP contribution >= 0.6 is 23.2 Å². The van der Waals surface area contributed by atoms with Crippen molar-refractivity contribution in [3.63, 3.8) is 0 Å². The molecule has 1 spiro atoms. The van der Waals surface area contributed by atoms with Gasteiger partial charge in [-0.3, -0.25) is 9.69 Å². The van der Waals surface area contributed by atoms with Gasteiger partial charge in [0.05, 0.1) is 27.3 Å². The molecule has 2 aromatic rings. The van der Waals surface area contributed by atoms with Gasteiger partial charge in [0, 0.05) is 29.6 Å². The summed E-state index contributed by atoms with van der Waals surface area (Å²) >= 11 is 12.3. The standard InChI is InChI=1S/C27H26Cl2N2O5.CH4/c28-15-4-5-18(17(29)10-15)30-25(34)16-11-27(35)20-9-14-3-6-19(32)23-21(14)26(27,24(36-23)22(16)33)7-8-31(20)12-13-1-2-13;/h3-6,10,13,20,24,32-33,35H,1-2,7-9,11-12H2,(H,30,34);1H4/t20-,24+,26+,27-;/m1./s1. The summed E-state index contributed by atoms with van der Waals surface area (Å²) in [7, 11) is 0. The van der Waals surface area contributed by atoms with Crippen molar-refractivity contribution in [2.45, 2.75) is 62.7 Å². The van der Waals surface area contributed by atoms with Gasteiger partial charge in [-0.05, 0) is 68.0 Å². The Bertz CT molecular complexity index is 1360. The minimum absolute atomic E-state index is 0. The monoisotopic (exact) mass is 544 g/mol. The number of aliphatic hydroxyl groups is 2. The summed E-state index contributed by atoms with van der Waals surface area (Å²) < 4.78 is 6.23. The van der Waals surface area contributed by atoms with Crippen LogP contribution in [0.5, 0.6) is 11.5 Å². The van der Waals surface area contributed by atoms with E-state index in [-0.39, 0.29) is 42.0 Å². The summed E-state index contributed by atoms with van der Waals surface area (Å²) in [5, 5.41) is 38.2. The number of rotatable bonds is 4. The first-order valence-electron chi connectivity index (χ1n) is 12.4. The molecular weight excluding hydrogens is 515 g/mol. The lowest BCUT2D eigenvalue weighted by molar-refractivity contribution is -0.172. The lowest BCUT2D eigenvalue weighted by Gasteiger charge is -2.62. The van der Waals surface area contributed by atoms with Crippen molar-refractivity contribution in [3.05, 3.63) is 62.8 Å². The zero-order valence-corrected chi connectivity index (χ0v) is 20.9. The largest absolute Gasteiger partial charge is 0.508 e. The minimum atomic E-state index is -1.36. The summed E-state index contributed by atoms with van der Waals surface area (Å²) in [5.41, 5.74) is -0.0743. The maximum Gasteiger partial charge on any atom is 0.255 e. The van der Waals surface area contributed by atoms with Gasteiger partial charge in [-0.2, -0.15) is 0 Å². The Morgan fingerprint density at radius 3 is 2.70 bits per heavy atom. The molecule has 3 aliphatic carbocycles. The summed E-state index contributed by atoms with van der Waals surface area (Å²) in [6.07, 6.45) is 2.54. The molecule has 9 heteroatoms. The fourth-order valence-corrected chi connectivity index (χ4v) is 7.61. The van der Waals surface area contributed by atoms with E-state index in [1.54, 1.807) is 18.2 Å². The molecule has 1 amide bonds. The van der Waals surface area contributed by atoms with Crippen LogP contribution in [0.4, 0.5) is 5.69 Å². The molecule has 5 aliphatic rings. The third-order valence-corrected chi connectivity index (χ3v) is 9.52. The number of benzene rings is 2. The highest BCUT2D eigenvalue weighted by molar-refractivity contribution is 6.36. The number of carbonyl (C=O) groups excluding carboxylic acids is 1. The first kappa shape index (κ1) is 24.9. The normalized spacial score (nSPS) is 31.3. The fraction of sp³-hybridized carbons (Fsp3) is 0.464. The number of nitrogens with zero attached hydrogens (tertiary/aromatic N) is 1. The number of likely N-dealkylation sites (tertiary alicyclic amines) is 1. The van der Waals surface area contributed by atoms with E-state index in [0.29, 0.717) is 35.2 Å². The minimum Gasteiger partial charge on any atom is -0.508 e. The highest BCUT2D eigenvalue weighted by Gasteiger charge is 2.73. The summed E-state index contributed by atoms with van der Waals surface area (Å²) in [6, 6.07) is 8.01. The zero-order chi connectivity index (χ0) is 25.0. The number of hydrogen-bond acceptors (Lipinski definition) is 6. The van der Waals surface area contributed by atoms with Crippen molar-refractivity contribution in [1.29, 1.82) is 0 Å². The van der Waals surface area contributed by atoms with Gasteiger partial charge in [-0.1, -0.05) is 36.7 Å². The van der Waals surface area contributed by atoms with E-state index < -0.39 is 23.0 Å². The number of hydrogen-bond donors (Lipinski definition) is 4. The molecule has 2 fully saturated rings. The van der Waals surface area contributed by atoms with E-state index in [1.807, 2.05) is 6.07 Å². The van der Waals surface area contributed by atoms with Crippen LogP contribution < -0.4 is 10.1 Å². The molecule has 2 heterocycles. The first-order chi connectivity index (χ1) is 17.2. The Morgan fingerprint density at radius 1 is 1.19 bits per heavy atom. The van der Waals surface area contributed by atoms with Crippen molar-refractivity contribution in [3.8, 4) is 11.5 Å². The van der Waals surface area contributed by atoms with Crippen LogP contribution in [0.3, 0.4) is 0 Å². The number of piperidine rings is 1. The SMILES string of the molecule is C.O=C(Nc1ccc(Cl)cc1Cl)C1=C(O)[C@@H]2Oc3c(O)ccc4c3[C@@]23CCN(CC2CC2)[C@H](C4)[C@]3(O)C1. The van der Waals surface area contributed by atoms with Crippen molar-refractivity contribution in [2.24, 2.45) is 5.92 Å². The van der Waals surface area contributed by atoms with Gasteiger partial charge in [0.1, 0.15) is 5.76 Å². The van der Waals surface area contributed by atoms with Crippen molar-refractivity contribution in [1.82, 2.24) is 4.90 Å². The Hall–Kier alpha value is -2.45. The summed E-state index contributed by atoms with van der Waals surface area (Å²) in [5.74, 6) is 0.156. The molecular formula is C28H30Cl2N2O5. The second kappa shape index (κ2) is 8.27. The van der Waals surface area contributed by atoms with E-state index >= 15 is 0 Å². The molecule has 196 valence electrons. The van der Waals surface area contributed by atoms with Gasteiger partial charge in [-0.25, -0.2) is 0 Å². The van der Waals surface area contributed by atoms with Gasteiger partial charge >= 0.3 is 0 Å². The van der Waals surface area contributed by atoms with Crippen LogP contribution in [-0.2, 0) is 16.6 Å². The smallest absolute Gasteiger partial charge is 0.255 e. The molecule has 0 aromatic heterocycles. The van der Waals surface area contributed by atoms with E-state index in [1.165, 1.54) is 18.9 Å². The second-order valence-electron chi connectivity index (χ2n) is 10.9. The number of aliphatic hydroxyl groups excluding tert-OH is 1. The Morgan fingerprint density at radius 2 is 1.97 bits per heavy atom. The zero-order valence-electron chi connectivity index (χ0n) is 19.4. The molecule has 2 aliphatic heterocycles. The summed E-state index contributed by atoms with van der Waals surface area (Å²) in [4.78, 5) is 15.9. The maximum atomic E-state index is 13.5. The molecule has 7 nitrogen and oxygen atoms in total. The van der Waals surface area contributed by atoms with Crippen molar-refractivity contribution >= 4 is 34.8 Å². The average Bonchev–Trinajstić information content (AvgIpc) is 3.58. The van der Waals surface area contributed by atoms with Crippen LogP contribution in [-0.4, -0.2) is 57.0 Å². The Kier molecular flexibility index (Phi) is 5.56. The molecule has 0 unspecified atom stereocenters. The van der Waals surface area contributed by atoms with Gasteiger partial charge in [0.15, 0.2) is 17.6 Å². The number of phenols is 1. The molecule has 2 bridgehead atoms. The lowest BCUT2D eigenvalue weighted by atomic mass is 9.49. The average molecular weight is 545 g/mol.